The van der Waals surface area contributed by atoms with Gasteiger partial charge in [-0.05, 0) is 24.3 Å². The van der Waals surface area contributed by atoms with Crippen LogP contribution >= 0.6 is 15.9 Å². The lowest BCUT2D eigenvalue weighted by molar-refractivity contribution is 0.0963. The Morgan fingerprint density at radius 1 is 1.00 bits per heavy atom. The van der Waals surface area contributed by atoms with Crippen LogP contribution in [0.5, 0.6) is 0 Å². The predicted molar refractivity (Wildman–Crippen MR) is 80.7 cm³/mol. The minimum atomic E-state index is 0.0104. The zero-order chi connectivity index (χ0) is 13.2. The van der Waals surface area contributed by atoms with Gasteiger partial charge < -0.3 is 0 Å². The quantitative estimate of drug-likeness (QED) is 0.649. The van der Waals surface area contributed by atoms with Crippen LogP contribution in [0.25, 0.3) is 10.9 Å². The van der Waals surface area contributed by atoms with Gasteiger partial charge in [-0.2, -0.15) is 0 Å². The molecule has 2 aromatic carbocycles. The molecule has 1 aromatic heterocycles. The van der Waals surface area contributed by atoms with Crippen LogP contribution in [0.15, 0.2) is 60.7 Å². The third kappa shape index (κ3) is 2.10. The van der Waals surface area contributed by atoms with Crippen molar-refractivity contribution in [3.05, 3.63) is 71.9 Å². The van der Waals surface area contributed by atoms with Crippen LogP contribution in [0.1, 0.15) is 16.1 Å². The second-order valence-corrected chi connectivity index (χ2v) is 4.90. The Kier molecular flexibility index (Phi) is 3.22. The highest BCUT2D eigenvalue weighted by Gasteiger charge is 2.15. The van der Waals surface area contributed by atoms with E-state index < -0.39 is 0 Å². The number of benzene rings is 2. The fraction of sp³-hybridized carbons (Fsp3) is 0.0625. The molecule has 0 radical (unpaired) electrons. The molecule has 0 amide bonds. The molecule has 0 fully saturated rings. The summed E-state index contributed by atoms with van der Waals surface area (Å²) in [4.78, 5) is 12.6. The molecular formula is C16H12BrNO. The second-order valence-electron chi connectivity index (χ2n) is 4.33. The van der Waals surface area contributed by atoms with E-state index in [1.807, 2.05) is 60.7 Å². The van der Waals surface area contributed by atoms with Crippen molar-refractivity contribution in [2.75, 3.05) is 0 Å². The number of para-hydroxylation sites is 1. The normalized spacial score (nSPS) is 10.8. The summed E-state index contributed by atoms with van der Waals surface area (Å²) in [6, 6.07) is 19.3. The lowest BCUT2D eigenvalue weighted by Gasteiger charge is -2.07. The van der Waals surface area contributed by atoms with Gasteiger partial charge in [-0.1, -0.05) is 52.3 Å². The number of nitrogens with zero attached hydrogens (tertiary/aromatic N) is 1. The zero-order valence-corrected chi connectivity index (χ0v) is 11.8. The summed E-state index contributed by atoms with van der Waals surface area (Å²) in [6.07, 6.45) is 0. The Balaban J connectivity index is 2.21. The largest absolute Gasteiger partial charge is 0.279 e. The third-order valence-corrected chi connectivity index (χ3v) is 3.72. The minimum absolute atomic E-state index is 0.0104. The van der Waals surface area contributed by atoms with Crippen molar-refractivity contribution in [1.82, 2.24) is 4.57 Å². The summed E-state index contributed by atoms with van der Waals surface area (Å²) in [5.41, 5.74) is 2.62. The van der Waals surface area contributed by atoms with E-state index in [1.165, 1.54) is 0 Å². The number of carbonyl (C=O) groups excluding carboxylic acids is 1. The van der Waals surface area contributed by atoms with Gasteiger partial charge in [0.1, 0.15) is 0 Å². The van der Waals surface area contributed by atoms with Crippen molar-refractivity contribution >= 4 is 32.7 Å². The Morgan fingerprint density at radius 3 is 2.42 bits per heavy atom. The molecule has 3 rings (SSSR count). The molecule has 0 spiro atoms. The zero-order valence-electron chi connectivity index (χ0n) is 10.2. The van der Waals surface area contributed by atoms with Gasteiger partial charge in [0.15, 0.2) is 0 Å². The molecule has 0 N–H and O–H groups in total. The number of hydrogen-bond donors (Lipinski definition) is 0. The molecule has 3 heteroatoms. The van der Waals surface area contributed by atoms with E-state index in [0.29, 0.717) is 10.9 Å². The number of rotatable bonds is 2. The average molecular weight is 314 g/mol. The van der Waals surface area contributed by atoms with Crippen molar-refractivity contribution in [2.45, 2.75) is 5.33 Å². The van der Waals surface area contributed by atoms with Crippen LogP contribution in [0.2, 0.25) is 0 Å². The Labute approximate surface area is 119 Å². The lowest BCUT2D eigenvalue weighted by atomic mass is 10.2. The first kappa shape index (κ1) is 12.2. The maximum Gasteiger partial charge on any atom is 0.262 e. The number of halogens is 1. The molecule has 19 heavy (non-hydrogen) atoms. The van der Waals surface area contributed by atoms with Gasteiger partial charge in [0.05, 0.1) is 5.52 Å². The molecule has 2 nitrogen and oxygen atoms in total. The van der Waals surface area contributed by atoms with E-state index in [4.69, 9.17) is 0 Å². The number of carbonyl (C=O) groups is 1. The average Bonchev–Trinajstić information content (AvgIpc) is 2.86. The summed E-state index contributed by atoms with van der Waals surface area (Å²) in [7, 11) is 0. The van der Waals surface area contributed by atoms with Crippen molar-refractivity contribution in [3.8, 4) is 0 Å². The summed E-state index contributed by atoms with van der Waals surface area (Å²) in [6.45, 7) is 0. The van der Waals surface area contributed by atoms with Crippen LogP contribution < -0.4 is 0 Å². The number of hydrogen-bond acceptors (Lipinski definition) is 1. The molecule has 0 saturated carbocycles. The first-order valence-electron chi connectivity index (χ1n) is 6.06. The van der Waals surface area contributed by atoms with Crippen LogP contribution in [-0.4, -0.2) is 10.5 Å². The van der Waals surface area contributed by atoms with E-state index in [-0.39, 0.29) is 5.91 Å². The third-order valence-electron chi connectivity index (χ3n) is 3.15. The van der Waals surface area contributed by atoms with Gasteiger partial charge in [-0.3, -0.25) is 9.36 Å². The highest BCUT2D eigenvalue weighted by atomic mass is 79.9. The van der Waals surface area contributed by atoms with Gasteiger partial charge in [0.2, 0.25) is 0 Å². The Bertz CT molecular complexity index is 731. The monoisotopic (exact) mass is 313 g/mol. The number of aromatic nitrogens is 1. The van der Waals surface area contributed by atoms with Crippen LogP contribution in [0, 0.1) is 0 Å². The molecule has 0 saturated heterocycles. The summed E-state index contributed by atoms with van der Waals surface area (Å²) in [5, 5.41) is 1.74. The smallest absolute Gasteiger partial charge is 0.262 e. The van der Waals surface area contributed by atoms with E-state index in [9.17, 15) is 4.79 Å². The van der Waals surface area contributed by atoms with Crippen molar-refractivity contribution < 1.29 is 4.79 Å². The summed E-state index contributed by atoms with van der Waals surface area (Å²) in [5.74, 6) is 0.0104. The molecule has 0 atom stereocenters. The summed E-state index contributed by atoms with van der Waals surface area (Å²) >= 11 is 3.45. The van der Waals surface area contributed by atoms with Gasteiger partial charge >= 0.3 is 0 Å². The van der Waals surface area contributed by atoms with E-state index in [1.54, 1.807) is 4.57 Å². The Hall–Kier alpha value is -1.87. The first-order chi connectivity index (χ1) is 9.31. The fourth-order valence-corrected chi connectivity index (χ4v) is 2.67. The molecule has 1 heterocycles. The van der Waals surface area contributed by atoms with E-state index in [2.05, 4.69) is 15.9 Å². The van der Waals surface area contributed by atoms with Crippen LogP contribution in [-0.2, 0) is 5.33 Å². The maximum atomic E-state index is 12.6. The topological polar surface area (TPSA) is 22.0 Å². The lowest BCUT2D eigenvalue weighted by Crippen LogP contribution is -2.13. The second kappa shape index (κ2) is 5.02. The maximum absolute atomic E-state index is 12.6. The molecule has 94 valence electrons. The first-order valence-corrected chi connectivity index (χ1v) is 7.18. The standard InChI is InChI=1S/C16H12BrNO/c17-11-14-10-13-8-4-5-9-15(13)18(14)16(19)12-6-2-1-3-7-12/h1-10H,11H2. The van der Waals surface area contributed by atoms with Crippen molar-refractivity contribution in [1.29, 1.82) is 0 Å². The molecule has 0 bridgehead atoms. The number of alkyl halides is 1. The van der Waals surface area contributed by atoms with Gasteiger partial charge in [-0.25, -0.2) is 0 Å². The van der Waals surface area contributed by atoms with Crippen LogP contribution in [0.3, 0.4) is 0 Å². The van der Waals surface area contributed by atoms with Gasteiger partial charge in [0.25, 0.3) is 5.91 Å². The molecule has 3 aromatic rings. The van der Waals surface area contributed by atoms with Gasteiger partial charge in [-0.15, -0.1) is 0 Å². The van der Waals surface area contributed by atoms with Crippen LogP contribution in [0.4, 0.5) is 0 Å². The highest BCUT2D eigenvalue weighted by molar-refractivity contribution is 9.08. The molecule has 0 aliphatic carbocycles. The molecule has 0 unspecified atom stereocenters. The fourth-order valence-electron chi connectivity index (χ4n) is 2.26. The van der Waals surface area contributed by atoms with Crippen molar-refractivity contribution in [2.24, 2.45) is 0 Å². The van der Waals surface area contributed by atoms with Crippen molar-refractivity contribution in [3.63, 3.8) is 0 Å². The number of fused-ring (bicyclic) bond motifs is 1. The predicted octanol–water partition coefficient (Wildman–Crippen LogP) is 4.22. The highest BCUT2D eigenvalue weighted by Crippen LogP contribution is 2.22. The SMILES string of the molecule is O=C(c1ccccc1)n1c(CBr)cc2ccccc21. The van der Waals surface area contributed by atoms with E-state index >= 15 is 0 Å². The Morgan fingerprint density at radius 2 is 1.68 bits per heavy atom. The molecule has 0 aliphatic heterocycles. The van der Waals surface area contributed by atoms with Gasteiger partial charge in [0, 0.05) is 22.0 Å². The molecular weight excluding hydrogens is 302 g/mol. The minimum Gasteiger partial charge on any atom is -0.279 e. The van der Waals surface area contributed by atoms with E-state index in [0.717, 1.165) is 16.6 Å². The summed E-state index contributed by atoms with van der Waals surface area (Å²) < 4.78 is 1.78. The molecule has 0 aliphatic rings.